The van der Waals surface area contributed by atoms with Crippen LogP contribution in [0.1, 0.15) is 13.3 Å². The largest absolute Gasteiger partial charge is 0.493 e. The minimum Gasteiger partial charge on any atom is -0.493 e. The summed E-state index contributed by atoms with van der Waals surface area (Å²) in [4.78, 5) is 24.2. The van der Waals surface area contributed by atoms with E-state index in [2.05, 4.69) is 5.32 Å². The van der Waals surface area contributed by atoms with E-state index in [4.69, 9.17) is 9.47 Å². The van der Waals surface area contributed by atoms with Gasteiger partial charge in [-0.1, -0.05) is 24.3 Å². The van der Waals surface area contributed by atoms with Gasteiger partial charge in [-0.2, -0.15) is 0 Å². The fraction of sp³-hybridized carbons (Fsp3) is 0.300. The van der Waals surface area contributed by atoms with Crippen molar-refractivity contribution < 1.29 is 27.5 Å². The highest BCUT2D eigenvalue weighted by molar-refractivity contribution is 7.89. The number of anilines is 1. The van der Waals surface area contributed by atoms with E-state index in [1.165, 1.54) is 39.2 Å². The highest BCUT2D eigenvalue weighted by Crippen LogP contribution is 2.18. The van der Waals surface area contributed by atoms with E-state index in [1.54, 1.807) is 18.2 Å². The van der Waals surface area contributed by atoms with Gasteiger partial charge in [0.15, 0.2) is 6.10 Å². The van der Waals surface area contributed by atoms with Crippen LogP contribution in [0.2, 0.25) is 0 Å². The lowest BCUT2D eigenvalue weighted by molar-refractivity contribution is -0.153. The first-order valence-corrected chi connectivity index (χ1v) is 10.3. The van der Waals surface area contributed by atoms with Crippen LogP contribution in [0.5, 0.6) is 5.75 Å². The van der Waals surface area contributed by atoms with E-state index in [0.717, 1.165) is 4.31 Å². The Morgan fingerprint density at radius 3 is 2.41 bits per heavy atom. The molecule has 0 fully saturated rings. The van der Waals surface area contributed by atoms with Crippen molar-refractivity contribution >= 4 is 27.6 Å². The van der Waals surface area contributed by atoms with Crippen molar-refractivity contribution in [3.8, 4) is 5.75 Å². The Kier molecular flexibility index (Phi) is 7.74. The molecule has 9 heteroatoms. The van der Waals surface area contributed by atoms with Crippen molar-refractivity contribution in [2.75, 3.05) is 26.0 Å². The van der Waals surface area contributed by atoms with Gasteiger partial charge in [0, 0.05) is 19.8 Å². The number of rotatable bonds is 9. The number of benzene rings is 2. The van der Waals surface area contributed by atoms with E-state index in [-0.39, 0.29) is 23.6 Å². The summed E-state index contributed by atoms with van der Waals surface area (Å²) >= 11 is 0. The molecule has 0 aromatic heterocycles. The topological polar surface area (TPSA) is 102 Å². The fourth-order valence-corrected chi connectivity index (χ4v) is 3.22. The smallest absolute Gasteiger partial charge is 0.310 e. The first-order chi connectivity index (χ1) is 13.7. The maximum absolute atomic E-state index is 12.3. The molecule has 0 unspecified atom stereocenters. The van der Waals surface area contributed by atoms with Crippen LogP contribution in [0, 0.1) is 0 Å². The molecule has 1 atom stereocenters. The van der Waals surface area contributed by atoms with Crippen molar-refractivity contribution in [3.63, 3.8) is 0 Å². The second-order valence-corrected chi connectivity index (χ2v) is 8.50. The molecule has 8 nitrogen and oxygen atoms in total. The van der Waals surface area contributed by atoms with Gasteiger partial charge in [0.25, 0.3) is 5.91 Å². The first-order valence-electron chi connectivity index (χ1n) is 8.91. The second kappa shape index (κ2) is 10.0. The molecule has 0 spiro atoms. The molecule has 0 bridgehead atoms. The average Bonchev–Trinajstić information content (AvgIpc) is 2.68. The number of nitrogens with one attached hydrogen (secondary N) is 1. The molecule has 2 aromatic carbocycles. The number of carbonyl (C=O) groups excluding carboxylic acids is 2. The van der Waals surface area contributed by atoms with Crippen LogP contribution in [0.15, 0.2) is 59.5 Å². The summed E-state index contributed by atoms with van der Waals surface area (Å²) < 4.78 is 36.0. The van der Waals surface area contributed by atoms with Crippen molar-refractivity contribution in [1.82, 2.24) is 4.31 Å². The van der Waals surface area contributed by atoms with Gasteiger partial charge in [0.05, 0.1) is 17.9 Å². The SMILES string of the molecule is C[C@H](OC(=O)CCOc1ccccc1)C(=O)Nc1cccc(S(=O)(=O)N(C)C)c1. The van der Waals surface area contributed by atoms with Gasteiger partial charge >= 0.3 is 5.97 Å². The third-order valence-electron chi connectivity index (χ3n) is 3.88. The van der Waals surface area contributed by atoms with E-state index < -0.39 is 28.0 Å². The second-order valence-electron chi connectivity index (χ2n) is 6.35. The Hall–Kier alpha value is -2.91. The minimum absolute atomic E-state index is 0.0108. The molecule has 0 aliphatic heterocycles. The third kappa shape index (κ3) is 6.58. The summed E-state index contributed by atoms with van der Waals surface area (Å²) in [5, 5.41) is 2.55. The van der Waals surface area contributed by atoms with Gasteiger partial charge < -0.3 is 14.8 Å². The molecule has 0 saturated carbocycles. The van der Waals surface area contributed by atoms with Gasteiger partial charge in [0.2, 0.25) is 10.0 Å². The number of carbonyl (C=O) groups is 2. The molecule has 29 heavy (non-hydrogen) atoms. The monoisotopic (exact) mass is 420 g/mol. The van der Waals surface area contributed by atoms with Gasteiger partial charge in [-0.25, -0.2) is 12.7 Å². The summed E-state index contributed by atoms with van der Waals surface area (Å²) in [6, 6.07) is 14.9. The van der Waals surface area contributed by atoms with Gasteiger partial charge in [-0.3, -0.25) is 9.59 Å². The van der Waals surface area contributed by atoms with Crippen LogP contribution in [0.25, 0.3) is 0 Å². The molecule has 0 aliphatic rings. The zero-order valence-electron chi connectivity index (χ0n) is 16.5. The molecule has 2 aromatic rings. The summed E-state index contributed by atoms with van der Waals surface area (Å²) in [5.74, 6) is -0.507. The molecule has 1 amide bonds. The average molecular weight is 420 g/mol. The molecule has 2 rings (SSSR count). The number of nitrogens with zero attached hydrogens (tertiary/aromatic N) is 1. The number of hydrogen-bond acceptors (Lipinski definition) is 6. The standard InChI is InChI=1S/C20H24N2O6S/c1-15(28-19(23)12-13-27-17-9-5-4-6-10-17)20(24)21-16-8-7-11-18(14-16)29(25,26)22(2)3/h4-11,14-15H,12-13H2,1-3H3,(H,21,24)/t15-/m0/s1. The number of para-hydroxylation sites is 1. The van der Waals surface area contributed by atoms with Crippen molar-refractivity contribution in [3.05, 3.63) is 54.6 Å². The van der Waals surface area contributed by atoms with Crippen LogP contribution in [-0.2, 0) is 24.3 Å². The highest BCUT2D eigenvalue weighted by Gasteiger charge is 2.20. The quantitative estimate of drug-likeness (QED) is 0.625. The van der Waals surface area contributed by atoms with Crippen molar-refractivity contribution in [1.29, 1.82) is 0 Å². The van der Waals surface area contributed by atoms with Crippen molar-refractivity contribution in [2.45, 2.75) is 24.3 Å². The Balaban J connectivity index is 1.86. The normalized spacial score (nSPS) is 12.3. The molecular weight excluding hydrogens is 396 g/mol. The Labute approximate surface area is 170 Å². The number of ether oxygens (including phenoxy) is 2. The summed E-state index contributed by atoms with van der Waals surface area (Å²) in [6.45, 7) is 1.56. The third-order valence-corrected chi connectivity index (χ3v) is 5.69. The molecule has 0 heterocycles. The van der Waals surface area contributed by atoms with Crippen LogP contribution < -0.4 is 10.1 Å². The van der Waals surface area contributed by atoms with E-state index in [0.29, 0.717) is 5.75 Å². The predicted octanol–water partition coefficient (Wildman–Crippen LogP) is 2.28. The van der Waals surface area contributed by atoms with Crippen molar-refractivity contribution in [2.24, 2.45) is 0 Å². The number of amides is 1. The Morgan fingerprint density at radius 2 is 1.76 bits per heavy atom. The molecular formula is C20H24N2O6S. The fourth-order valence-electron chi connectivity index (χ4n) is 2.27. The van der Waals surface area contributed by atoms with Crippen LogP contribution >= 0.6 is 0 Å². The molecule has 1 N–H and O–H groups in total. The number of hydrogen-bond donors (Lipinski definition) is 1. The minimum atomic E-state index is -3.62. The lowest BCUT2D eigenvalue weighted by Crippen LogP contribution is -2.30. The first kappa shape index (κ1) is 22.4. The van der Waals surface area contributed by atoms with E-state index >= 15 is 0 Å². The molecule has 0 saturated heterocycles. The summed E-state index contributed by atoms with van der Waals surface area (Å²) in [6.07, 6.45) is -1.06. The zero-order chi connectivity index (χ0) is 21.4. The van der Waals surface area contributed by atoms with Crippen LogP contribution in [0.4, 0.5) is 5.69 Å². The van der Waals surface area contributed by atoms with E-state index in [9.17, 15) is 18.0 Å². The maximum atomic E-state index is 12.3. The highest BCUT2D eigenvalue weighted by atomic mass is 32.2. The number of esters is 1. The Bertz CT molecular complexity index is 944. The van der Waals surface area contributed by atoms with E-state index in [1.807, 2.05) is 18.2 Å². The Morgan fingerprint density at radius 1 is 1.07 bits per heavy atom. The predicted molar refractivity (Wildman–Crippen MR) is 108 cm³/mol. The molecule has 0 radical (unpaired) electrons. The lowest BCUT2D eigenvalue weighted by atomic mass is 10.3. The molecule has 0 aliphatic carbocycles. The van der Waals surface area contributed by atoms with Gasteiger partial charge in [-0.15, -0.1) is 0 Å². The van der Waals surface area contributed by atoms with Crippen LogP contribution in [0.3, 0.4) is 0 Å². The van der Waals surface area contributed by atoms with Crippen LogP contribution in [-0.4, -0.2) is 51.4 Å². The molecule has 156 valence electrons. The number of sulfonamides is 1. The van der Waals surface area contributed by atoms with Gasteiger partial charge in [0.1, 0.15) is 5.75 Å². The van der Waals surface area contributed by atoms with Gasteiger partial charge in [-0.05, 0) is 37.3 Å². The maximum Gasteiger partial charge on any atom is 0.310 e. The summed E-state index contributed by atoms with van der Waals surface area (Å²) in [5.41, 5.74) is 0.285. The zero-order valence-corrected chi connectivity index (χ0v) is 17.3. The summed E-state index contributed by atoms with van der Waals surface area (Å²) in [7, 11) is -0.784. The lowest BCUT2D eigenvalue weighted by Gasteiger charge is -2.15.